The number of halogens is 2. The van der Waals surface area contributed by atoms with Gasteiger partial charge in [0.25, 0.3) is 10.0 Å². The molecule has 1 aromatic rings. The largest absolute Gasteiger partial charge is 0.479 e. The summed E-state index contributed by atoms with van der Waals surface area (Å²) in [6, 6.07) is 3.12. The lowest BCUT2D eigenvalue weighted by atomic mass is 10.3. The minimum absolute atomic E-state index is 0.114. The number of hydrogen-bond donors (Lipinski definition) is 2. The smallest absolute Gasteiger partial charge is 0.331 e. The minimum Gasteiger partial charge on any atom is -0.479 e. The first-order valence-electron chi connectivity index (χ1n) is 4.13. The molecule has 6 nitrogen and oxygen atoms in total. The van der Waals surface area contributed by atoms with E-state index in [2.05, 4.69) is 20.8 Å². The molecule has 0 aliphatic carbocycles. The van der Waals surface area contributed by atoms with Crippen molar-refractivity contribution in [1.82, 2.24) is 4.89 Å². The molecule has 0 fully saturated rings. The number of aliphatic carboxylic acids is 1. The monoisotopic (exact) mass is 327 g/mol. The Morgan fingerprint density at radius 3 is 2.71 bits per heavy atom. The maximum atomic E-state index is 13.1. The molecule has 0 saturated heterocycles. The van der Waals surface area contributed by atoms with E-state index in [1.54, 1.807) is 4.89 Å². The van der Waals surface area contributed by atoms with Gasteiger partial charge in [-0.2, -0.15) is 0 Å². The van der Waals surface area contributed by atoms with E-state index in [0.717, 1.165) is 12.1 Å². The number of nitrogens with one attached hydrogen (secondary N) is 1. The highest BCUT2D eigenvalue weighted by molar-refractivity contribution is 9.10. The minimum atomic E-state index is -4.09. The molecular weight excluding hydrogens is 321 g/mol. The normalized spacial score (nSPS) is 11.4. The lowest BCUT2D eigenvalue weighted by Gasteiger charge is -2.06. The summed E-state index contributed by atoms with van der Waals surface area (Å²) in [5, 5.41) is 8.24. The average Bonchev–Trinajstić information content (AvgIpc) is 2.21. The zero-order valence-electron chi connectivity index (χ0n) is 8.18. The van der Waals surface area contributed by atoms with E-state index in [4.69, 9.17) is 5.11 Å². The van der Waals surface area contributed by atoms with Crippen LogP contribution in [0.25, 0.3) is 0 Å². The second-order valence-electron chi connectivity index (χ2n) is 2.85. The fourth-order valence-electron chi connectivity index (χ4n) is 0.861. The van der Waals surface area contributed by atoms with Gasteiger partial charge in [0, 0.05) is 0 Å². The highest BCUT2D eigenvalue weighted by Gasteiger charge is 2.16. The van der Waals surface area contributed by atoms with Crippen molar-refractivity contribution in [2.45, 2.75) is 4.90 Å². The Morgan fingerprint density at radius 2 is 2.18 bits per heavy atom. The quantitative estimate of drug-likeness (QED) is 0.783. The molecule has 0 amide bonds. The van der Waals surface area contributed by atoms with Gasteiger partial charge in [0.05, 0.1) is 9.37 Å². The van der Waals surface area contributed by atoms with Gasteiger partial charge in [0.15, 0.2) is 6.61 Å². The molecule has 1 aromatic carbocycles. The summed E-state index contributed by atoms with van der Waals surface area (Å²) < 4.78 is 36.1. The number of hydrogen-bond acceptors (Lipinski definition) is 4. The third-order valence-corrected chi connectivity index (χ3v) is 3.42. The lowest BCUT2D eigenvalue weighted by Crippen LogP contribution is -2.26. The van der Waals surface area contributed by atoms with E-state index in [1.165, 1.54) is 6.07 Å². The number of carbonyl (C=O) groups is 1. The van der Waals surface area contributed by atoms with Crippen LogP contribution < -0.4 is 4.89 Å². The van der Waals surface area contributed by atoms with Gasteiger partial charge in [-0.05, 0) is 34.1 Å². The van der Waals surface area contributed by atoms with Crippen LogP contribution in [0, 0.1) is 5.82 Å². The van der Waals surface area contributed by atoms with E-state index in [-0.39, 0.29) is 9.37 Å². The first-order chi connectivity index (χ1) is 7.83. The Kier molecular flexibility index (Phi) is 4.57. The standard InChI is InChI=1S/C8H7BrFNO5S/c9-6-2-1-5(3-7(6)10)17(14,15)11-16-4-8(12)13/h1-3,11H,4H2,(H,12,13). The van der Waals surface area contributed by atoms with Gasteiger partial charge >= 0.3 is 5.97 Å². The predicted molar refractivity (Wildman–Crippen MR) is 58.0 cm³/mol. The molecule has 0 heterocycles. The number of carboxylic acids is 1. The summed E-state index contributed by atoms with van der Waals surface area (Å²) in [6.45, 7) is -0.835. The molecule has 2 N–H and O–H groups in total. The topological polar surface area (TPSA) is 92.7 Å². The molecule has 0 radical (unpaired) electrons. The van der Waals surface area contributed by atoms with Gasteiger partial charge in [0.1, 0.15) is 5.82 Å². The SMILES string of the molecule is O=C(O)CONS(=O)(=O)c1ccc(Br)c(F)c1. The molecule has 0 saturated carbocycles. The van der Waals surface area contributed by atoms with Gasteiger partial charge < -0.3 is 5.11 Å². The van der Waals surface area contributed by atoms with Crippen LogP contribution in [-0.2, 0) is 19.7 Å². The second-order valence-corrected chi connectivity index (χ2v) is 5.34. The molecule has 1 rings (SSSR count). The predicted octanol–water partition coefficient (Wildman–Crippen LogP) is 0.883. The van der Waals surface area contributed by atoms with Crippen molar-refractivity contribution >= 4 is 31.9 Å². The van der Waals surface area contributed by atoms with Crippen molar-refractivity contribution in [2.75, 3.05) is 6.61 Å². The number of carboxylic acid groups (broad SMARTS) is 1. The molecule has 0 spiro atoms. The van der Waals surface area contributed by atoms with Gasteiger partial charge in [-0.1, -0.05) is 4.89 Å². The highest BCUT2D eigenvalue weighted by Crippen LogP contribution is 2.19. The molecule has 17 heavy (non-hydrogen) atoms. The zero-order valence-corrected chi connectivity index (χ0v) is 10.6. The van der Waals surface area contributed by atoms with Crippen molar-refractivity contribution in [1.29, 1.82) is 0 Å². The van der Waals surface area contributed by atoms with Crippen molar-refractivity contribution in [3.63, 3.8) is 0 Å². The molecule has 9 heteroatoms. The van der Waals surface area contributed by atoms with Crippen molar-refractivity contribution in [3.05, 3.63) is 28.5 Å². The fraction of sp³-hybridized carbons (Fsp3) is 0.125. The van der Waals surface area contributed by atoms with E-state index in [9.17, 15) is 17.6 Å². The fourth-order valence-corrected chi connectivity index (χ4v) is 1.92. The summed E-state index contributed by atoms with van der Waals surface area (Å²) >= 11 is 2.87. The van der Waals surface area contributed by atoms with Gasteiger partial charge in [0.2, 0.25) is 0 Å². The highest BCUT2D eigenvalue weighted by atomic mass is 79.9. The maximum Gasteiger partial charge on any atom is 0.331 e. The molecule has 0 aliphatic rings. The third-order valence-electron chi connectivity index (χ3n) is 1.57. The Bertz CT molecular complexity index is 533. The van der Waals surface area contributed by atoms with Gasteiger partial charge in [-0.25, -0.2) is 17.6 Å². The third kappa shape index (κ3) is 4.04. The Morgan fingerprint density at radius 1 is 1.53 bits per heavy atom. The molecule has 0 aromatic heterocycles. The van der Waals surface area contributed by atoms with E-state index in [1.807, 2.05) is 0 Å². The molecule has 0 aliphatic heterocycles. The lowest BCUT2D eigenvalue weighted by molar-refractivity contribution is -0.143. The van der Waals surface area contributed by atoms with Gasteiger partial charge in [-0.15, -0.1) is 0 Å². The van der Waals surface area contributed by atoms with Crippen LogP contribution in [0.1, 0.15) is 0 Å². The average molecular weight is 328 g/mol. The van der Waals surface area contributed by atoms with Crippen molar-refractivity contribution in [2.24, 2.45) is 0 Å². The molecular formula is C8H7BrFNO5S. The Hall–Kier alpha value is -1.03. The zero-order chi connectivity index (χ0) is 13.1. The maximum absolute atomic E-state index is 13.1. The first kappa shape index (κ1) is 14.0. The Balaban J connectivity index is 2.82. The number of sulfonamides is 1. The number of rotatable bonds is 5. The van der Waals surface area contributed by atoms with E-state index in [0.29, 0.717) is 0 Å². The molecule has 0 atom stereocenters. The summed E-state index contributed by atoms with van der Waals surface area (Å²) in [7, 11) is -4.09. The summed E-state index contributed by atoms with van der Waals surface area (Å²) in [5.74, 6) is -2.10. The molecule has 94 valence electrons. The van der Waals surface area contributed by atoms with Crippen molar-refractivity contribution in [3.8, 4) is 0 Å². The first-order valence-corrected chi connectivity index (χ1v) is 6.41. The van der Waals surface area contributed by atoms with E-state index >= 15 is 0 Å². The van der Waals surface area contributed by atoms with Crippen LogP contribution in [0.2, 0.25) is 0 Å². The van der Waals surface area contributed by atoms with Gasteiger partial charge in [-0.3, -0.25) is 4.84 Å². The van der Waals surface area contributed by atoms with Crippen LogP contribution >= 0.6 is 15.9 Å². The van der Waals surface area contributed by atoms with Crippen molar-refractivity contribution < 1.29 is 27.5 Å². The summed E-state index contributed by atoms with van der Waals surface area (Å²) in [6.07, 6.45) is 0. The molecule has 0 unspecified atom stereocenters. The van der Waals surface area contributed by atoms with E-state index < -0.39 is 28.4 Å². The van der Waals surface area contributed by atoms with Crippen LogP contribution in [0.4, 0.5) is 4.39 Å². The Labute approximate surface area is 105 Å². The summed E-state index contributed by atoms with van der Waals surface area (Å²) in [5.41, 5.74) is 0. The van der Waals surface area contributed by atoms with Crippen LogP contribution in [0.15, 0.2) is 27.6 Å². The second kappa shape index (κ2) is 5.54. The number of benzene rings is 1. The molecule has 0 bridgehead atoms. The summed E-state index contributed by atoms with van der Waals surface area (Å²) in [4.78, 5) is 15.5. The van der Waals surface area contributed by atoms with Crippen LogP contribution in [0.3, 0.4) is 0 Å². The van der Waals surface area contributed by atoms with Crippen LogP contribution in [0.5, 0.6) is 0 Å². The van der Waals surface area contributed by atoms with Crippen LogP contribution in [-0.4, -0.2) is 26.1 Å².